The SMILES string of the molecule is Cc1nc(N)ncc1CC(Br)Cc1cccc(S(N)(=O)=O)c1. The number of rotatable bonds is 5. The maximum absolute atomic E-state index is 11.4. The minimum atomic E-state index is -3.68. The van der Waals surface area contributed by atoms with Gasteiger partial charge < -0.3 is 5.73 Å². The second kappa shape index (κ2) is 6.72. The van der Waals surface area contributed by atoms with Crippen LogP contribution in [0.4, 0.5) is 5.95 Å². The molecule has 2 aromatic rings. The van der Waals surface area contributed by atoms with Crippen LogP contribution in [0.5, 0.6) is 0 Å². The van der Waals surface area contributed by atoms with Crippen molar-refractivity contribution in [2.45, 2.75) is 29.5 Å². The molecular weight excluding hydrogens is 368 g/mol. The summed E-state index contributed by atoms with van der Waals surface area (Å²) in [5, 5.41) is 5.15. The van der Waals surface area contributed by atoms with Gasteiger partial charge in [-0.3, -0.25) is 0 Å². The first kappa shape index (κ1) is 16.9. The molecule has 1 atom stereocenters. The number of hydrogen-bond acceptors (Lipinski definition) is 5. The maximum atomic E-state index is 11.4. The van der Waals surface area contributed by atoms with E-state index in [1.165, 1.54) is 6.07 Å². The third-order valence-corrected chi connectivity index (χ3v) is 4.78. The van der Waals surface area contributed by atoms with Crippen molar-refractivity contribution in [3.05, 3.63) is 47.3 Å². The second-order valence-electron chi connectivity index (χ2n) is 5.04. The number of hydrogen-bond donors (Lipinski definition) is 2. The van der Waals surface area contributed by atoms with Crippen LogP contribution < -0.4 is 10.9 Å². The first-order valence-electron chi connectivity index (χ1n) is 6.59. The lowest BCUT2D eigenvalue weighted by Gasteiger charge is -2.12. The molecule has 2 rings (SSSR count). The van der Waals surface area contributed by atoms with Gasteiger partial charge in [-0.15, -0.1) is 0 Å². The summed E-state index contributed by atoms with van der Waals surface area (Å²) in [5.74, 6) is 0.258. The van der Waals surface area contributed by atoms with Crippen LogP contribution in [-0.2, 0) is 22.9 Å². The Balaban J connectivity index is 2.10. The molecule has 1 aromatic carbocycles. The normalized spacial score (nSPS) is 13.0. The fourth-order valence-electron chi connectivity index (χ4n) is 2.13. The number of anilines is 1. The van der Waals surface area contributed by atoms with Gasteiger partial charge in [0.2, 0.25) is 16.0 Å². The van der Waals surface area contributed by atoms with Crippen molar-refractivity contribution < 1.29 is 8.42 Å². The number of sulfonamides is 1. The molecule has 1 heterocycles. The van der Waals surface area contributed by atoms with Crippen LogP contribution >= 0.6 is 15.9 Å². The van der Waals surface area contributed by atoms with E-state index in [1.54, 1.807) is 18.3 Å². The Kier molecular flexibility index (Phi) is 5.15. The van der Waals surface area contributed by atoms with Gasteiger partial charge in [0.1, 0.15) is 0 Å². The van der Waals surface area contributed by atoms with Crippen molar-refractivity contribution in [2.75, 3.05) is 5.73 Å². The third kappa shape index (κ3) is 4.49. The number of aryl methyl sites for hydroxylation is 1. The summed E-state index contributed by atoms with van der Waals surface area (Å²) in [6.45, 7) is 1.88. The van der Waals surface area contributed by atoms with E-state index in [-0.39, 0.29) is 15.7 Å². The number of aromatic nitrogens is 2. The second-order valence-corrected chi connectivity index (χ2v) is 7.89. The molecule has 22 heavy (non-hydrogen) atoms. The minimum absolute atomic E-state index is 0.120. The Morgan fingerprint density at radius 1 is 1.32 bits per heavy atom. The van der Waals surface area contributed by atoms with Crippen molar-refractivity contribution in [2.24, 2.45) is 5.14 Å². The Morgan fingerprint density at radius 2 is 2.05 bits per heavy atom. The molecule has 4 N–H and O–H groups in total. The number of benzene rings is 1. The molecule has 0 radical (unpaired) electrons. The molecule has 6 nitrogen and oxygen atoms in total. The molecule has 118 valence electrons. The molecule has 1 unspecified atom stereocenters. The molecule has 0 saturated carbocycles. The van der Waals surface area contributed by atoms with Gasteiger partial charge in [-0.05, 0) is 43.0 Å². The van der Waals surface area contributed by atoms with E-state index in [9.17, 15) is 8.42 Å². The lowest BCUT2D eigenvalue weighted by molar-refractivity contribution is 0.597. The van der Waals surface area contributed by atoms with Crippen LogP contribution in [0.15, 0.2) is 35.4 Å². The summed E-state index contributed by atoms with van der Waals surface area (Å²) in [4.78, 5) is 8.37. The zero-order valence-corrected chi connectivity index (χ0v) is 14.4. The molecule has 0 bridgehead atoms. The summed E-state index contributed by atoms with van der Waals surface area (Å²) in [5.41, 5.74) is 8.27. The van der Waals surface area contributed by atoms with E-state index in [0.717, 1.165) is 16.8 Å². The van der Waals surface area contributed by atoms with Crippen LogP contribution in [-0.4, -0.2) is 23.2 Å². The predicted molar refractivity (Wildman–Crippen MR) is 89.1 cm³/mol. The zero-order valence-electron chi connectivity index (χ0n) is 12.0. The van der Waals surface area contributed by atoms with Crippen LogP contribution in [0.25, 0.3) is 0 Å². The van der Waals surface area contributed by atoms with Gasteiger partial charge in [0.05, 0.1) is 4.90 Å². The van der Waals surface area contributed by atoms with Crippen LogP contribution in [0, 0.1) is 6.92 Å². The Morgan fingerprint density at radius 3 is 2.68 bits per heavy atom. The van der Waals surface area contributed by atoms with Gasteiger partial charge in [-0.1, -0.05) is 28.1 Å². The van der Waals surface area contributed by atoms with E-state index in [0.29, 0.717) is 12.8 Å². The molecule has 8 heteroatoms. The summed E-state index contributed by atoms with van der Waals surface area (Å²) in [6, 6.07) is 6.64. The molecule has 0 saturated heterocycles. The number of nitrogen functional groups attached to an aromatic ring is 1. The quantitative estimate of drug-likeness (QED) is 0.759. The number of halogens is 1. The number of primary sulfonamides is 1. The molecular formula is C14H17BrN4O2S. The zero-order chi connectivity index (χ0) is 16.3. The van der Waals surface area contributed by atoms with Gasteiger partial charge in [0, 0.05) is 16.7 Å². The van der Waals surface area contributed by atoms with Crippen LogP contribution in [0.3, 0.4) is 0 Å². The fourth-order valence-corrected chi connectivity index (χ4v) is 3.43. The summed E-state index contributed by atoms with van der Waals surface area (Å²) < 4.78 is 22.8. The maximum Gasteiger partial charge on any atom is 0.238 e. The Labute approximate surface area is 138 Å². The Hall–Kier alpha value is -1.51. The minimum Gasteiger partial charge on any atom is -0.368 e. The fraction of sp³-hybridized carbons (Fsp3) is 0.286. The first-order valence-corrected chi connectivity index (χ1v) is 9.05. The first-order chi connectivity index (χ1) is 10.3. The summed E-state index contributed by atoms with van der Waals surface area (Å²) in [7, 11) is -3.68. The monoisotopic (exact) mass is 384 g/mol. The highest BCUT2D eigenvalue weighted by atomic mass is 79.9. The van der Waals surface area contributed by atoms with Crippen molar-refractivity contribution in [1.82, 2.24) is 9.97 Å². The van der Waals surface area contributed by atoms with Gasteiger partial charge in [0.15, 0.2) is 0 Å². The number of nitrogens with zero attached hydrogens (tertiary/aromatic N) is 2. The molecule has 0 aliphatic carbocycles. The smallest absolute Gasteiger partial charge is 0.238 e. The van der Waals surface area contributed by atoms with E-state index < -0.39 is 10.0 Å². The standard InChI is InChI=1S/C14H17BrN4O2S/c1-9-11(8-18-14(16)19-9)7-12(15)5-10-3-2-4-13(6-10)22(17,20)21/h2-4,6,8,12H,5,7H2,1H3,(H2,16,18,19)(H2,17,20,21). The lowest BCUT2D eigenvalue weighted by Crippen LogP contribution is -2.13. The van der Waals surface area contributed by atoms with Gasteiger partial charge in [0.25, 0.3) is 0 Å². The van der Waals surface area contributed by atoms with Crippen molar-refractivity contribution in [1.29, 1.82) is 0 Å². The van der Waals surface area contributed by atoms with Crippen molar-refractivity contribution in [3.63, 3.8) is 0 Å². The van der Waals surface area contributed by atoms with Crippen molar-refractivity contribution >= 4 is 31.9 Å². The topological polar surface area (TPSA) is 112 Å². The molecule has 0 spiro atoms. The van der Waals surface area contributed by atoms with E-state index in [1.807, 2.05) is 13.0 Å². The number of nitrogens with two attached hydrogens (primary N) is 2. The summed E-state index contributed by atoms with van der Waals surface area (Å²) in [6.07, 6.45) is 3.09. The highest BCUT2D eigenvalue weighted by Crippen LogP contribution is 2.19. The van der Waals surface area contributed by atoms with Gasteiger partial charge in [-0.2, -0.15) is 0 Å². The molecule has 0 aliphatic rings. The van der Waals surface area contributed by atoms with E-state index >= 15 is 0 Å². The van der Waals surface area contributed by atoms with Crippen LogP contribution in [0.2, 0.25) is 0 Å². The van der Waals surface area contributed by atoms with Gasteiger partial charge >= 0.3 is 0 Å². The average Bonchev–Trinajstić information content (AvgIpc) is 2.41. The molecule has 0 fully saturated rings. The third-order valence-electron chi connectivity index (χ3n) is 3.23. The Bertz CT molecular complexity index is 780. The molecule has 1 aromatic heterocycles. The highest BCUT2D eigenvalue weighted by Gasteiger charge is 2.13. The van der Waals surface area contributed by atoms with Gasteiger partial charge in [-0.25, -0.2) is 23.5 Å². The highest BCUT2D eigenvalue weighted by molar-refractivity contribution is 9.09. The summed E-state index contributed by atoms with van der Waals surface area (Å²) >= 11 is 3.61. The van der Waals surface area contributed by atoms with E-state index in [2.05, 4.69) is 25.9 Å². The molecule has 0 aliphatic heterocycles. The molecule has 0 amide bonds. The van der Waals surface area contributed by atoms with Crippen LogP contribution in [0.1, 0.15) is 16.8 Å². The number of alkyl halides is 1. The van der Waals surface area contributed by atoms with E-state index in [4.69, 9.17) is 10.9 Å². The largest absolute Gasteiger partial charge is 0.368 e. The average molecular weight is 385 g/mol. The lowest BCUT2D eigenvalue weighted by atomic mass is 10.0. The van der Waals surface area contributed by atoms with Crippen molar-refractivity contribution in [3.8, 4) is 0 Å². The predicted octanol–water partition coefficient (Wildman–Crippen LogP) is 1.56.